The van der Waals surface area contributed by atoms with E-state index in [4.69, 9.17) is 5.11 Å². The van der Waals surface area contributed by atoms with Crippen molar-refractivity contribution in [2.45, 2.75) is 38.6 Å². The summed E-state index contributed by atoms with van der Waals surface area (Å²) in [7, 11) is 0. The quantitative estimate of drug-likeness (QED) is 0.637. The molecule has 1 fully saturated rings. The number of urea groups is 1. The summed E-state index contributed by atoms with van der Waals surface area (Å²) in [6, 6.07) is -0.395. The van der Waals surface area contributed by atoms with Crippen LogP contribution in [0.4, 0.5) is 4.79 Å². The molecule has 5 nitrogen and oxygen atoms in total. The standard InChI is InChI=1S/C10H18N2O3/c1-3-6-11-9(15)12-10(2,8(13)14)7-4-5-7/h7H,3-6H2,1-2H3,(H,13,14)(H2,11,12,15). The fourth-order valence-electron chi connectivity index (χ4n) is 1.51. The second-order valence-electron chi connectivity index (χ2n) is 4.16. The monoisotopic (exact) mass is 214 g/mol. The molecule has 5 heteroatoms. The Bertz CT molecular complexity index is 263. The zero-order valence-corrected chi connectivity index (χ0v) is 9.17. The number of carboxylic acid groups (broad SMARTS) is 1. The highest BCUT2D eigenvalue weighted by atomic mass is 16.4. The molecule has 0 aliphatic heterocycles. The van der Waals surface area contributed by atoms with Crippen molar-refractivity contribution in [3.8, 4) is 0 Å². The van der Waals surface area contributed by atoms with Crippen LogP contribution in [0.1, 0.15) is 33.1 Å². The van der Waals surface area contributed by atoms with Gasteiger partial charge in [-0.2, -0.15) is 0 Å². The number of carbonyl (C=O) groups excluding carboxylic acids is 1. The second kappa shape index (κ2) is 4.51. The molecule has 1 rings (SSSR count). The largest absolute Gasteiger partial charge is 0.480 e. The van der Waals surface area contributed by atoms with Crippen molar-refractivity contribution in [3.05, 3.63) is 0 Å². The Kier molecular flexibility index (Phi) is 3.55. The fourth-order valence-corrected chi connectivity index (χ4v) is 1.51. The van der Waals surface area contributed by atoms with E-state index >= 15 is 0 Å². The van der Waals surface area contributed by atoms with E-state index < -0.39 is 17.5 Å². The van der Waals surface area contributed by atoms with Gasteiger partial charge in [0.05, 0.1) is 0 Å². The van der Waals surface area contributed by atoms with E-state index in [9.17, 15) is 9.59 Å². The van der Waals surface area contributed by atoms with Crippen LogP contribution in [0.15, 0.2) is 0 Å². The first-order valence-corrected chi connectivity index (χ1v) is 5.30. The van der Waals surface area contributed by atoms with E-state index in [1.54, 1.807) is 6.92 Å². The third kappa shape index (κ3) is 2.84. The van der Waals surface area contributed by atoms with Gasteiger partial charge in [0.25, 0.3) is 0 Å². The predicted molar refractivity (Wildman–Crippen MR) is 55.6 cm³/mol. The molecule has 3 N–H and O–H groups in total. The summed E-state index contributed by atoms with van der Waals surface area (Å²) in [6.07, 6.45) is 2.58. The molecule has 0 aromatic rings. The number of rotatable bonds is 5. The number of carbonyl (C=O) groups is 2. The number of aliphatic carboxylic acids is 1. The molecule has 15 heavy (non-hydrogen) atoms. The Balaban J connectivity index is 2.51. The summed E-state index contributed by atoms with van der Waals surface area (Å²) in [5.74, 6) is -0.890. The average Bonchev–Trinajstić information content (AvgIpc) is 2.97. The molecular formula is C10H18N2O3. The summed E-state index contributed by atoms with van der Waals surface area (Å²) in [6.45, 7) is 4.07. The highest BCUT2D eigenvalue weighted by Gasteiger charge is 2.48. The maximum absolute atomic E-state index is 11.4. The van der Waals surface area contributed by atoms with Crippen LogP contribution in [-0.4, -0.2) is 29.2 Å². The molecule has 1 aliphatic rings. The first kappa shape index (κ1) is 11.8. The molecule has 0 aromatic carbocycles. The topological polar surface area (TPSA) is 78.4 Å². The SMILES string of the molecule is CCCNC(=O)NC(C)(C(=O)O)C1CC1. The second-order valence-corrected chi connectivity index (χ2v) is 4.16. The van der Waals surface area contributed by atoms with Gasteiger partial charge in [0.1, 0.15) is 5.54 Å². The minimum absolute atomic E-state index is 0.0716. The number of carboxylic acids is 1. The molecule has 0 saturated heterocycles. The molecule has 1 saturated carbocycles. The fraction of sp³-hybridized carbons (Fsp3) is 0.800. The van der Waals surface area contributed by atoms with Gasteiger partial charge >= 0.3 is 12.0 Å². The normalized spacial score (nSPS) is 19.1. The highest BCUT2D eigenvalue weighted by Crippen LogP contribution is 2.39. The molecule has 0 bridgehead atoms. The van der Waals surface area contributed by atoms with Crippen molar-refractivity contribution >= 4 is 12.0 Å². The smallest absolute Gasteiger partial charge is 0.329 e. The van der Waals surface area contributed by atoms with Crippen LogP contribution < -0.4 is 10.6 Å². The molecule has 1 unspecified atom stereocenters. The Hall–Kier alpha value is -1.26. The predicted octanol–water partition coefficient (Wildman–Crippen LogP) is 0.949. The third-order valence-electron chi connectivity index (χ3n) is 2.75. The van der Waals surface area contributed by atoms with Crippen LogP contribution in [0.25, 0.3) is 0 Å². The van der Waals surface area contributed by atoms with Crippen molar-refractivity contribution < 1.29 is 14.7 Å². The molecule has 0 heterocycles. The van der Waals surface area contributed by atoms with E-state index in [-0.39, 0.29) is 5.92 Å². The maximum atomic E-state index is 11.4. The van der Waals surface area contributed by atoms with Crippen LogP contribution in [-0.2, 0) is 4.79 Å². The summed E-state index contributed by atoms with van der Waals surface area (Å²) in [5.41, 5.74) is -1.11. The van der Waals surface area contributed by atoms with Crippen molar-refractivity contribution in [3.63, 3.8) is 0 Å². The van der Waals surface area contributed by atoms with Crippen LogP contribution in [0, 0.1) is 5.92 Å². The lowest BCUT2D eigenvalue weighted by molar-refractivity contribution is -0.144. The number of nitrogens with one attached hydrogen (secondary N) is 2. The van der Waals surface area contributed by atoms with E-state index in [0.29, 0.717) is 6.54 Å². The Morgan fingerprint density at radius 3 is 2.47 bits per heavy atom. The van der Waals surface area contributed by atoms with E-state index in [1.807, 2.05) is 6.92 Å². The Morgan fingerprint density at radius 2 is 2.07 bits per heavy atom. The molecule has 0 aromatic heterocycles. The minimum atomic E-state index is -1.11. The van der Waals surface area contributed by atoms with Crippen molar-refractivity contribution in [1.82, 2.24) is 10.6 Å². The number of hydrogen-bond acceptors (Lipinski definition) is 2. The lowest BCUT2D eigenvalue weighted by Crippen LogP contribution is -2.56. The zero-order chi connectivity index (χ0) is 11.5. The third-order valence-corrected chi connectivity index (χ3v) is 2.75. The van der Waals surface area contributed by atoms with E-state index in [2.05, 4.69) is 10.6 Å². The van der Waals surface area contributed by atoms with Crippen LogP contribution in [0.3, 0.4) is 0 Å². The summed E-state index contributed by atoms with van der Waals surface area (Å²) in [5, 5.41) is 14.2. The van der Waals surface area contributed by atoms with Gasteiger partial charge in [-0.25, -0.2) is 9.59 Å². The average molecular weight is 214 g/mol. The van der Waals surface area contributed by atoms with E-state index in [0.717, 1.165) is 19.3 Å². The molecule has 2 amide bonds. The first-order chi connectivity index (χ1) is 7.00. The van der Waals surface area contributed by atoms with Crippen LogP contribution in [0.2, 0.25) is 0 Å². The summed E-state index contributed by atoms with van der Waals surface area (Å²) >= 11 is 0. The first-order valence-electron chi connectivity index (χ1n) is 5.30. The molecular weight excluding hydrogens is 196 g/mol. The van der Waals surface area contributed by atoms with Gasteiger partial charge in [0.15, 0.2) is 0 Å². The van der Waals surface area contributed by atoms with Gasteiger partial charge in [-0.05, 0) is 32.1 Å². The van der Waals surface area contributed by atoms with Gasteiger partial charge in [0.2, 0.25) is 0 Å². The van der Waals surface area contributed by atoms with Crippen molar-refractivity contribution in [2.24, 2.45) is 5.92 Å². The van der Waals surface area contributed by atoms with E-state index in [1.165, 1.54) is 0 Å². The Morgan fingerprint density at radius 1 is 1.47 bits per heavy atom. The maximum Gasteiger partial charge on any atom is 0.329 e. The zero-order valence-electron chi connectivity index (χ0n) is 9.17. The van der Waals surface area contributed by atoms with Crippen LogP contribution >= 0.6 is 0 Å². The molecule has 0 radical (unpaired) electrons. The van der Waals surface area contributed by atoms with Gasteiger partial charge in [0, 0.05) is 6.54 Å². The molecule has 0 spiro atoms. The summed E-state index contributed by atoms with van der Waals surface area (Å²) in [4.78, 5) is 22.4. The molecule has 1 atom stereocenters. The highest BCUT2D eigenvalue weighted by molar-refractivity contribution is 5.86. The van der Waals surface area contributed by atoms with Gasteiger partial charge in [-0.3, -0.25) is 0 Å². The summed E-state index contributed by atoms with van der Waals surface area (Å²) < 4.78 is 0. The lowest BCUT2D eigenvalue weighted by Gasteiger charge is -2.26. The number of hydrogen-bond donors (Lipinski definition) is 3. The minimum Gasteiger partial charge on any atom is -0.480 e. The lowest BCUT2D eigenvalue weighted by atomic mass is 9.96. The van der Waals surface area contributed by atoms with Gasteiger partial charge in [-0.15, -0.1) is 0 Å². The number of amides is 2. The Labute approximate surface area is 89.2 Å². The van der Waals surface area contributed by atoms with Crippen molar-refractivity contribution in [1.29, 1.82) is 0 Å². The van der Waals surface area contributed by atoms with Crippen LogP contribution in [0.5, 0.6) is 0 Å². The molecule has 86 valence electrons. The van der Waals surface area contributed by atoms with Crippen molar-refractivity contribution in [2.75, 3.05) is 6.54 Å². The molecule has 1 aliphatic carbocycles. The van der Waals surface area contributed by atoms with Gasteiger partial charge in [-0.1, -0.05) is 6.92 Å². The van der Waals surface area contributed by atoms with Gasteiger partial charge < -0.3 is 15.7 Å².